The molecular weight excluding hydrogens is 288 g/mol. The Balaban J connectivity index is 2.20. The second kappa shape index (κ2) is 5.87. The van der Waals surface area contributed by atoms with Crippen molar-refractivity contribution in [1.82, 2.24) is 19.6 Å². The summed E-state index contributed by atoms with van der Waals surface area (Å²) in [6.45, 7) is 1.90. The normalized spacial score (nSPS) is 20.2. The topological polar surface area (TPSA) is 124 Å². The first-order valence-corrected chi connectivity index (χ1v) is 7.46. The molecule has 20 heavy (non-hydrogen) atoms. The Morgan fingerprint density at radius 2 is 2.20 bits per heavy atom. The summed E-state index contributed by atoms with van der Waals surface area (Å²) < 4.78 is 30.9. The molecule has 1 aliphatic rings. The summed E-state index contributed by atoms with van der Waals surface area (Å²) in [5, 5.41) is 3.09. The van der Waals surface area contributed by atoms with E-state index in [2.05, 4.69) is 10.3 Å². The van der Waals surface area contributed by atoms with Crippen LogP contribution in [0.1, 0.15) is 0 Å². The molecule has 1 aliphatic heterocycles. The minimum atomic E-state index is -3.97. The third-order valence-corrected chi connectivity index (χ3v) is 4.77. The fourth-order valence-corrected chi connectivity index (χ4v) is 3.07. The van der Waals surface area contributed by atoms with Gasteiger partial charge < -0.3 is 15.0 Å². The van der Waals surface area contributed by atoms with Gasteiger partial charge in [0.2, 0.25) is 10.0 Å². The van der Waals surface area contributed by atoms with Gasteiger partial charge in [-0.25, -0.2) is 13.2 Å². The quantitative estimate of drug-likeness (QED) is 0.573. The van der Waals surface area contributed by atoms with Crippen LogP contribution in [-0.2, 0) is 14.8 Å². The fraction of sp³-hybridized carbons (Fsp3) is 0.600. The lowest BCUT2D eigenvalue weighted by Crippen LogP contribution is -2.46. The zero-order valence-corrected chi connectivity index (χ0v) is 11.7. The Hall–Kier alpha value is -1.49. The van der Waals surface area contributed by atoms with Gasteiger partial charge in [0.1, 0.15) is 0 Å². The average Bonchev–Trinajstić information content (AvgIpc) is 2.39. The molecule has 1 atom stereocenters. The average molecular weight is 304 g/mol. The second-order valence-corrected chi connectivity index (χ2v) is 6.43. The summed E-state index contributed by atoms with van der Waals surface area (Å²) in [4.78, 5) is 26.0. The highest BCUT2D eigenvalue weighted by Crippen LogP contribution is 2.09. The molecule has 1 aromatic heterocycles. The highest BCUT2D eigenvalue weighted by Gasteiger charge is 2.27. The van der Waals surface area contributed by atoms with Crippen molar-refractivity contribution in [2.45, 2.75) is 11.0 Å². The van der Waals surface area contributed by atoms with Gasteiger partial charge in [-0.3, -0.25) is 9.78 Å². The summed E-state index contributed by atoms with van der Waals surface area (Å²) in [7, 11) is -2.62. The van der Waals surface area contributed by atoms with Crippen molar-refractivity contribution >= 4 is 10.0 Å². The summed E-state index contributed by atoms with van der Waals surface area (Å²) in [5.41, 5.74) is -1.69. The zero-order valence-electron chi connectivity index (χ0n) is 10.9. The summed E-state index contributed by atoms with van der Waals surface area (Å²) >= 11 is 0. The molecule has 0 saturated carbocycles. The monoisotopic (exact) mass is 304 g/mol. The van der Waals surface area contributed by atoms with E-state index in [1.54, 1.807) is 0 Å². The van der Waals surface area contributed by atoms with Crippen LogP contribution in [0, 0.1) is 0 Å². The first-order chi connectivity index (χ1) is 9.41. The summed E-state index contributed by atoms with van der Waals surface area (Å²) in [6.07, 6.45) is 0.623. The molecule has 0 aromatic carbocycles. The Labute approximate surface area is 115 Å². The number of likely N-dealkylation sites (N-methyl/N-ethyl adjacent to an activating group) is 1. The third kappa shape index (κ3) is 3.15. The minimum Gasteiger partial charge on any atom is -0.374 e. The molecular formula is C10H16N4O5S. The molecule has 1 saturated heterocycles. The predicted molar refractivity (Wildman–Crippen MR) is 70.1 cm³/mol. The van der Waals surface area contributed by atoms with E-state index in [9.17, 15) is 18.0 Å². The van der Waals surface area contributed by atoms with E-state index in [1.165, 1.54) is 7.05 Å². The van der Waals surface area contributed by atoms with E-state index in [0.29, 0.717) is 13.2 Å². The van der Waals surface area contributed by atoms with Gasteiger partial charge in [0.05, 0.1) is 12.7 Å². The van der Waals surface area contributed by atoms with Crippen LogP contribution in [-0.4, -0.2) is 62.1 Å². The molecule has 0 spiro atoms. The Morgan fingerprint density at radius 1 is 1.45 bits per heavy atom. The molecule has 2 rings (SSSR count). The van der Waals surface area contributed by atoms with E-state index >= 15 is 0 Å². The van der Waals surface area contributed by atoms with Gasteiger partial charge in [-0.05, 0) is 0 Å². The number of nitrogens with zero attached hydrogens (tertiary/aromatic N) is 1. The molecule has 0 radical (unpaired) electrons. The number of H-pyrrole nitrogens is 2. The van der Waals surface area contributed by atoms with Crippen molar-refractivity contribution in [3.63, 3.8) is 0 Å². The van der Waals surface area contributed by atoms with E-state index < -0.39 is 26.2 Å². The van der Waals surface area contributed by atoms with Crippen LogP contribution in [0.5, 0.6) is 0 Å². The maximum Gasteiger partial charge on any atom is 0.325 e. The molecule has 1 fully saturated rings. The minimum absolute atomic E-state index is 0.119. The predicted octanol–water partition coefficient (Wildman–Crippen LogP) is -2.33. The van der Waals surface area contributed by atoms with Gasteiger partial charge in [0.15, 0.2) is 4.90 Å². The van der Waals surface area contributed by atoms with Crippen LogP contribution < -0.4 is 16.6 Å². The van der Waals surface area contributed by atoms with Crippen molar-refractivity contribution < 1.29 is 13.2 Å². The van der Waals surface area contributed by atoms with Crippen LogP contribution in [0.3, 0.4) is 0 Å². The standard InChI is InChI=1S/C10H16N4O5S/c1-14(6-7-4-11-2-3-19-7)20(17,18)8-5-12-10(16)13-9(8)15/h5,7,11H,2-4,6H2,1H3,(H2,12,13,15,16). The van der Waals surface area contributed by atoms with E-state index in [1.807, 2.05) is 4.98 Å². The number of aromatic nitrogens is 2. The molecule has 1 aromatic rings. The molecule has 9 nitrogen and oxygen atoms in total. The smallest absolute Gasteiger partial charge is 0.325 e. The fourth-order valence-electron chi connectivity index (χ4n) is 1.88. The van der Waals surface area contributed by atoms with Crippen molar-refractivity contribution in [3.8, 4) is 0 Å². The summed E-state index contributed by atoms with van der Waals surface area (Å²) in [6, 6.07) is 0. The van der Waals surface area contributed by atoms with Gasteiger partial charge in [-0.15, -0.1) is 0 Å². The number of hydrogen-bond donors (Lipinski definition) is 3. The number of ether oxygens (including phenoxy) is 1. The van der Waals surface area contributed by atoms with Crippen molar-refractivity contribution in [3.05, 3.63) is 27.0 Å². The van der Waals surface area contributed by atoms with E-state index in [0.717, 1.165) is 17.0 Å². The first kappa shape index (κ1) is 14.9. The van der Waals surface area contributed by atoms with Crippen molar-refractivity contribution in [1.29, 1.82) is 0 Å². The highest BCUT2D eigenvalue weighted by atomic mass is 32.2. The lowest BCUT2D eigenvalue weighted by molar-refractivity contribution is 0.0206. The van der Waals surface area contributed by atoms with Crippen molar-refractivity contribution in [2.75, 3.05) is 33.3 Å². The molecule has 112 valence electrons. The second-order valence-electron chi connectivity index (χ2n) is 4.42. The Morgan fingerprint density at radius 3 is 2.80 bits per heavy atom. The number of sulfonamides is 1. The van der Waals surface area contributed by atoms with E-state index in [-0.39, 0.29) is 12.6 Å². The van der Waals surface area contributed by atoms with Crippen molar-refractivity contribution in [2.24, 2.45) is 0 Å². The zero-order chi connectivity index (χ0) is 14.8. The maximum absolute atomic E-state index is 12.2. The molecule has 0 bridgehead atoms. The first-order valence-electron chi connectivity index (χ1n) is 6.02. The molecule has 0 aliphatic carbocycles. The lowest BCUT2D eigenvalue weighted by Gasteiger charge is -2.27. The Kier molecular flexibility index (Phi) is 4.38. The molecule has 1 unspecified atom stereocenters. The number of aromatic amines is 2. The van der Waals surface area contributed by atoms with Crippen LogP contribution in [0.4, 0.5) is 0 Å². The lowest BCUT2D eigenvalue weighted by atomic mass is 10.3. The van der Waals surface area contributed by atoms with Crippen LogP contribution in [0.15, 0.2) is 20.7 Å². The number of nitrogens with one attached hydrogen (secondary N) is 3. The van der Waals surface area contributed by atoms with Crippen LogP contribution in [0.2, 0.25) is 0 Å². The number of hydrogen-bond acceptors (Lipinski definition) is 6. The highest BCUT2D eigenvalue weighted by molar-refractivity contribution is 7.89. The van der Waals surface area contributed by atoms with E-state index in [4.69, 9.17) is 4.74 Å². The van der Waals surface area contributed by atoms with Gasteiger partial charge in [0, 0.05) is 32.9 Å². The molecule has 2 heterocycles. The number of rotatable bonds is 4. The molecule has 10 heteroatoms. The molecule has 0 amide bonds. The SMILES string of the molecule is CN(CC1CNCCO1)S(=O)(=O)c1c[nH]c(=O)[nH]c1=O. The molecule has 3 N–H and O–H groups in total. The number of morpholine rings is 1. The summed E-state index contributed by atoms with van der Waals surface area (Å²) in [5.74, 6) is 0. The van der Waals surface area contributed by atoms with Gasteiger partial charge in [-0.2, -0.15) is 4.31 Å². The largest absolute Gasteiger partial charge is 0.374 e. The van der Waals surface area contributed by atoms with Gasteiger partial charge in [-0.1, -0.05) is 0 Å². The van der Waals surface area contributed by atoms with Crippen LogP contribution >= 0.6 is 0 Å². The van der Waals surface area contributed by atoms with Gasteiger partial charge in [0.25, 0.3) is 5.56 Å². The van der Waals surface area contributed by atoms with Gasteiger partial charge >= 0.3 is 5.69 Å². The third-order valence-electron chi connectivity index (χ3n) is 2.94. The maximum atomic E-state index is 12.2. The Bertz CT molecular complexity index is 673. The van der Waals surface area contributed by atoms with Crippen LogP contribution in [0.25, 0.3) is 0 Å².